The van der Waals surface area contributed by atoms with Gasteiger partial charge >= 0.3 is 5.97 Å². The molecule has 0 aliphatic carbocycles. The van der Waals surface area contributed by atoms with Crippen LogP contribution in [-0.4, -0.2) is 46.9 Å². The first kappa shape index (κ1) is 65.3. The van der Waals surface area contributed by atoms with E-state index in [2.05, 4.69) is 50.4 Å². The predicted molar refractivity (Wildman–Crippen MR) is 296 cm³/mol. The highest BCUT2D eigenvalue weighted by Crippen LogP contribution is 2.19. The molecule has 0 saturated heterocycles. The maximum absolute atomic E-state index is 13.3. The van der Waals surface area contributed by atoms with Crippen molar-refractivity contribution in [2.24, 2.45) is 0 Å². The van der Waals surface area contributed by atoms with E-state index in [1.807, 2.05) is 48.6 Å². The van der Waals surface area contributed by atoms with Crippen LogP contribution >= 0.6 is 0 Å². The van der Waals surface area contributed by atoms with Gasteiger partial charge in [-0.05, 0) is 44.9 Å². The summed E-state index contributed by atoms with van der Waals surface area (Å²) in [6.07, 6.45) is 71.1. The molecular formula is C62H111NO5. The number of esters is 1. The first-order chi connectivity index (χ1) is 33.5. The minimum atomic E-state index is -0.798. The van der Waals surface area contributed by atoms with Crippen LogP contribution in [0.3, 0.4) is 0 Å². The second-order valence-electron chi connectivity index (χ2n) is 19.8. The SMILES string of the molecule is CC\C=C/C=C/C=C/C=C\C=C\C=C\CCCCCC(=O)OC(CCCCCCCCCCCCCCCCC)CC(=O)NC(CO)C(O)CCCCCCCCCCCCCCCCCCC. The summed E-state index contributed by atoms with van der Waals surface area (Å²) in [4.78, 5) is 26.3. The highest BCUT2D eigenvalue weighted by Gasteiger charge is 2.24. The molecule has 3 unspecified atom stereocenters. The van der Waals surface area contributed by atoms with Gasteiger partial charge in [0, 0.05) is 6.42 Å². The van der Waals surface area contributed by atoms with Gasteiger partial charge in [0.15, 0.2) is 0 Å². The number of hydrogen-bond acceptors (Lipinski definition) is 5. The summed E-state index contributed by atoms with van der Waals surface area (Å²) in [7, 11) is 0. The van der Waals surface area contributed by atoms with Gasteiger partial charge in [-0.25, -0.2) is 0 Å². The average molecular weight is 951 g/mol. The van der Waals surface area contributed by atoms with Crippen molar-refractivity contribution in [1.82, 2.24) is 5.32 Å². The standard InChI is InChI=1S/C62H111NO5/c1-4-7-10-13-16-19-22-25-28-30-33-36-39-42-45-48-51-54-60(65)59(57-64)63-61(66)56-58(53-50-47-44-41-38-35-32-27-24-21-18-15-12-9-6-3)68-62(67)55-52-49-46-43-40-37-34-31-29-26-23-20-17-14-11-8-5-2/h8,11,14,17,20,23,26,29,31,34,37,40,58-60,64-65H,4-7,9-10,12-13,15-16,18-19,21-22,24-25,27-28,30,32-33,35-36,38-39,41-57H2,1-3H3,(H,63,66)/b11-8-,17-14+,23-20+,29-26-,34-31+,40-37+. The van der Waals surface area contributed by atoms with Crippen LogP contribution in [0, 0.1) is 0 Å². The largest absolute Gasteiger partial charge is 0.462 e. The first-order valence-electron chi connectivity index (χ1n) is 29.2. The van der Waals surface area contributed by atoms with Crippen molar-refractivity contribution < 1.29 is 24.5 Å². The molecule has 3 N–H and O–H groups in total. The molecule has 68 heavy (non-hydrogen) atoms. The van der Waals surface area contributed by atoms with Crippen molar-refractivity contribution in [2.45, 2.75) is 302 Å². The fraction of sp³-hybridized carbons (Fsp3) is 0.774. The molecule has 0 aromatic heterocycles. The van der Waals surface area contributed by atoms with Gasteiger partial charge < -0.3 is 20.3 Å². The van der Waals surface area contributed by atoms with E-state index in [4.69, 9.17) is 4.74 Å². The van der Waals surface area contributed by atoms with Gasteiger partial charge in [0.2, 0.25) is 5.91 Å². The second-order valence-corrected chi connectivity index (χ2v) is 19.8. The predicted octanol–water partition coefficient (Wildman–Crippen LogP) is 18.1. The zero-order valence-corrected chi connectivity index (χ0v) is 45.0. The van der Waals surface area contributed by atoms with E-state index < -0.39 is 18.2 Å². The Bertz CT molecular complexity index is 1250. The van der Waals surface area contributed by atoms with Gasteiger partial charge in [0.1, 0.15) is 6.10 Å². The van der Waals surface area contributed by atoms with Gasteiger partial charge in [-0.15, -0.1) is 0 Å². The number of unbranched alkanes of at least 4 members (excludes halogenated alkanes) is 33. The van der Waals surface area contributed by atoms with Crippen molar-refractivity contribution in [3.05, 3.63) is 72.9 Å². The molecule has 0 bridgehead atoms. The molecule has 0 aromatic carbocycles. The van der Waals surface area contributed by atoms with Crippen LogP contribution < -0.4 is 5.32 Å². The molecule has 3 atom stereocenters. The topological polar surface area (TPSA) is 95.9 Å². The first-order valence-corrected chi connectivity index (χ1v) is 29.2. The summed E-state index contributed by atoms with van der Waals surface area (Å²) in [6, 6.07) is -0.713. The Morgan fingerprint density at radius 2 is 0.794 bits per heavy atom. The maximum atomic E-state index is 13.3. The van der Waals surface area contributed by atoms with Crippen molar-refractivity contribution in [3.63, 3.8) is 0 Å². The Balaban J connectivity index is 4.61. The number of nitrogens with one attached hydrogen (secondary N) is 1. The third-order valence-electron chi connectivity index (χ3n) is 13.2. The van der Waals surface area contributed by atoms with E-state index in [9.17, 15) is 19.8 Å². The molecular weight excluding hydrogens is 839 g/mol. The van der Waals surface area contributed by atoms with E-state index in [1.54, 1.807) is 0 Å². The number of hydrogen-bond donors (Lipinski definition) is 3. The van der Waals surface area contributed by atoms with Gasteiger partial charge in [-0.2, -0.15) is 0 Å². The molecule has 6 heteroatoms. The number of carbonyl (C=O) groups excluding carboxylic acids is 2. The molecule has 1 amide bonds. The zero-order chi connectivity index (χ0) is 49.5. The van der Waals surface area contributed by atoms with Crippen molar-refractivity contribution in [1.29, 1.82) is 0 Å². The molecule has 0 saturated carbocycles. The van der Waals surface area contributed by atoms with Crippen LogP contribution in [0.5, 0.6) is 0 Å². The molecule has 0 aromatic rings. The number of amides is 1. The molecule has 0 aliphatic rings. The smallest absolute Gasteiger partial charge is 0.306 e. The third kappa shape index (κ3) is 49.7. The Morgan fingerprint density at radius 1 is 0.441 bits per heavy atom. The number of ether oxygens (including phenoxy) is 1. The fourth-order valence-electron chi connectivity index (χ4n) is 8.82. The van der Waals surface area contributed by atoms with Crippen LogP contribution in [0.15, 0.2) is 72.9 Å². The van der Waals surface area contributed by atoms with Crippen LogP contribution in [-0.2, 0) is 14.3 Å². The van der Waals surface area contributed by atoms with Gasteiger partial charge in [0.05, 0.1) is 25.2 Å². The van der Waals surface area contributed by atoms with E-state index in [1.165, 1.54) is 167 Å². The quantitative estimate of drug-likeness (QED) is 0.0321. The van der Waals surface area contributed by atoms with Crippen LogP contribution in [0.25, 0.3) is 0 Å². The Morgan fingerprint density at radius 3 is 1.19 bits per heavy atom. The van der Waals surface area contributed by atoms with Crippen LogP contribution in [0.2, 0.25) is 0 Å². The summed E-state index contributed by atoms with van der Waals surface area (Å²) in [5.41, 5.74) is 0. The normalized spacial score (nSPS) is 13.7. The molecule has 0 fully saturated rings. The maximum Gasteiger partial charge on any atom is 0.306 e. The highest BCUT2D eigenvalue weighted by atomic mass is 16.5. The molecule has 0 heterocycles. The van der Waals surface area contributed by atoms with Crippen molar-refractivity contribution in [3.8, 4) is 0 Å². The van der Waals surface area contributed by atoms with Gasteiger partial charge in [-0.3, -0.25) is 9.59 Å². The minimum absolute atomic E-state index is 0.0597. The number of aliphatic hydroxyl groups excluding tert-OH is 2. The molecule has 0 aliphatic heterocycles. The number of allylic oxidation sites excluding steroid dienone is 12. The fourth-order valence-corrected chi connectivity index (χ4v) is 8.82. The van der Waals surface area contributed by atoms with Crippen LogP contribution in [0.1, 0.15) is 284 Å². The lowest BCUT2D eigenvalue weighted by Gasteiger charge is -2.24. The Hall–Kier alpha value is -2.70. The highest BCUT2D eigenvalue weighted by molar-refractivity contribution is 5.77. The lowest BCUT2D eigenvalue weighted by molar-refractivity contribution is -0.151. The Kier molecular flexibility index (Phi) is 53.0. The van der Waals surface area contributed by atoms with E-state index in [0.717, 1.165) is 70.6 Å². The number of rotatable bonds is 52. The monoisotopic (exact) mass is 950 g/mol. The van der Waals surface area contributed by atoms with E-state index in [0.29, 0.717) is 19.3 Å². The van der Waals surface area contributed by atoms with Crippen molar-refractivity contribution in [2.75, 3.05) is 6.61 Å². The molecule has 6 nitrogen and oxygen atoms in total. The van der Waals surface area contributed by atoms with Gasteiger partial charge in [0.25, 0.3) is 0 Å². The number of carbonyl (C=O) groups is 2. The van der Waals surface area contributed by atoms with Gasteiger partial charge in [-0.1, -0.05) is 299 Å². The zero-order valence-electron chi connectivity index (χ0n) is 45.0. The average Bonchev–Trinajstić information content (AvgIpc) is 3.33. The minimum Gasteiger partial charge on any atom is -0.462 e. The van der Waals surface area contributed by atoms with Crippen molar-refractivity contribution >= 4 is 11.9 Å². The molecule has 0 radical (unpaired) electrons. The van der Waals surface area contributed by atoms with Crippen LogP contribution in [0.4, 0.5) is 0 Å². The lowest BCUT2D eigenvalue weighted by atomic mass is 10.0. The summed E-state index contributed by atoms with van der Waals surface area (Å²) >= 11 is 0. The third-order valence-corrected chi connectivity index (χ3v) is 13.2. The summed E-state index contributed by atoms with van der Waals surface area (Å²) in [6.45, 7) is 6.36. The second kappa shape index (κ2) is 55.2. The summed E-state index contributed by atoms with van der Waals surface area (Å²) in [5, 5.41) is 23.9. The lowest BCUT2D eigenvalue weighted by Crippen LogP contribution is -2.46. The summed E-state index contributed by atoms with van der Waals surface area (Å²) in [5.74, 6) is -0.516. The number of aliphatic hydroxyl groups is 2. The molecule has 0 spiro atoms. The van der Waals surface area contributed by atoms with E-state index >= 15 is 0 Å². The summed E-state index contributed by atoms with van der Waals surface area (Å²) < 4.78 is 5.95. The molecule has 0 rings (SSSR count). The van der Waals surface area contributed by atoms with E-state index in [-0.39, 0.29) is 24.9 Å². The Labute approximate surface area is 421 Å². The molecule has 394 valence electrons.